The minimum atomic E-state index is -0.829. The van der Waals surface area contributed by atoms with E-state index in [0.29, 0.717) is 17.0 Å². The molecule has 0 spiro atoms. The second-order valence-electron chi connectivity index (χ2n) is 6.59. The van der Waals surface area contributed by atoms with Crippen molar-refractivity contribution in [3.05, 3.63) is 35.4 Å². The number of carboxylic acid groups (broad SMARTS) is 1. The van der Waals surface area contributed by atoms with Crippen molar-refractivity contribution < 1.29 is 9.90 Å². The number of rotatable bonds is 5. The summed E-state index contributed by atoms with van der Waals surface area (Å²) in [6, 6.07) is 7.94. The van der Waals surface area contributed by atoms with E-state index in [2.05, 4.69) is 25.8 Å². The molecular formula is C17H25NO2. The monoisotopic (exact) mass is 275 g/mol. The number of likely N-dealkylation sites (N-methyl/N-ethyl adjacent to an activating group) is 1. The molecule has 0 radical (unpaired) electrons. The van der Waals surface area contributed by atoms with Crippen LogP contribution in [0.4, 0.5) is 0 Å². The van der Waals surface area contributed by atoms with Crippen molar-refractivity contribution in [2.45, 2.75) is 45.6 Å². The summed E-state index contributed by atoms with van der Waals surface area (Å²) in [5.41, 5.74) is 1.75. The number of nitrogens with zero attached hydrogens (tertiary/aromatic N) is 1. The Hall–Kier alpha value is -1.35. The molecule has 3 heteroatoms. The number of carbonyl (C=O) groups is 1. The SMILES string of the molecule is CN(CCc1ccccc1C(=O)O)C1CCCC1(C)C. The van der Waals surface area contributed by atoms with E-state index >= 15 is 0 Å². The normalized spacial score (nSPS) is 21.3. The van der Waals surface area contributed by atoms with Gasteiger partial charge in [-0.2, -0.15) is 0 Å². The fraction of sp³-hybridized carbons (Fsp3) is 0.588. The Morgan fingerprint density at radius 3 is 2.70 bits per heavy atom. The van der Waals surface area contributed by atoms with E-state index < -0.39 is 5.97 Å². The molecule has 0 amide bonds. The summed E-state index contributed by atoms with van der Waals surface area (Å²) < 4.78 is 0. The fourth-order valence-corrected chi connectivity index (χ4v) is 3.52. The number of aromatic carboxylic acids is 1. The standard InChI is InChI=1S/C17H25NO2/c1-17(2)11-6-9-15(17)18(3)12-10-13-7-4-5-8-14(13)16(19)20/h4-5,7-8,15H,6,9-12H2,1-3H3,(H,19,20). The van der Waals surface area contributed by atoms with Gasteiger partial charge in [-0.1, -0.05) is 38.5 Å². The molecule has 0 heterocycles. The van der Waals surface area contributed by atoms with E-state index in [9.17, 15) is 9.90 Å². The summed E-state index contributed by atoms with van der Waals surface area (Å²) >= 11 is 0. The van der Waals surface area contributed by atoms with Crippen molar-refractivity contribution in [1.82, 2.24) is 4.90 Å². The van der Waals surface area contributed by atoms with Gasteiger partial charge in [-0.05, 0) is 43.4 Å². The Labute approximate surface area is 121 Å². The zero-order valence-corrected chi connectivity index (χ0v) is 12.7. The molecule has 0 aromatic heterocycles. The molecule has 0 bridgehead atoms. The summed E-state index contributed by atoms with van der Waals surface area (Å²) in [5.74, 6) is -0.829. The van der Waals surface area contributed by atoms with Gasteiger partial charge in [0.15, 0.2) is 0 Å². The van der Waals surface area contributed by atoms with Gasteiger partial charge in [0, 0.05) is 12.6 Å². The molecule has 1 N–H and O–H groups in total. The van der Waals surface area contributed by atoms with Crippen molar-refractivity contribution in [1.29, 1.82) is 0 Å². The zero-order valence-electron chi connectivity index (χ0n) is 12.7. The summed E-state index contributed by atoms with van der Waals surface area (Å²) in [4.78, 5) is 13.6. The lowest BCUT2D eigenvalue weighted by molar-refractivity contribution is 0.0695. The van der Waals surface area contributed by atoms with Gasteiger partial charge in [0.05, 0.1) is 5.56 Å². The van der Waals surface area contributed by atoms with Gasteiger partial charge >= 0.3 is 5.97 Å². The second-order valence-corrected chi connectivity index (χ2v) is 6.59. The molecule has 3 nitrogen and oxygen atoms in total. The van der Waals surface area contributed by atoms with Gasteiger partial charge in [0.1, 0.15) is 0 Å². The van der Waals surface area contributed by atoms with E-state index in [0.717, 1.165) is 18.5 Å². The maximum absolute atomic E-state index is 11.2. The third-order valence-electron chi connectivity index (χ3n) is 4.71. The molecule has 2 rings (SSSR count). The van der Waals surface area contributed by atoms with E-state index in [1.54, 1.807) is 12.1 Å². The Kier molecular flexibility index (Phi) is 4.48. The lowest BCUT2D eigenvalue weighted by Gasteiger charge is -2.35. The van der Waals surface area contributed by atoms with Crippen LogP contribution in [0.25, 0.3) is 0 Å². The lowest BCUT2D eigenvalue weighted by Crippen LogP contribution is -2.40. The van der Waals surface area contributed by atoms with E-state index in [1.807, 2.05) is 12.1 Å². The van der Waals surface area contributed by atoms with Gasteiger partial charge in [0.25, 0.3) is 0 Å². The van der Waals surface area contributed by atoms with Gasteiger partial charge in [-0.15, -0.1) is 0 Å². The van der Waals surface area contributed by atoms with E-state index in [1.165, 1.54) is 19.3 Å². The lowest BCUT2D eigenvalue weighted by atomic mass is 9.86. The van der Waals surface area contributed by atoms with Gasteiger partial charge in [-0.25, -0.2) is 4.79 Å². The van der Waals surface area contributed by atoms with Crippen LogP contribution in [0.15, 0.2) is 24.3 Å². The molecule has 0 saturated heterocycles. The first kappa shape index (κ1) is 15.0. The zero-order chi connectivity index (χ0) is 14.8. The molecule has 20 heavy (non-hydrogen) atoms. The molecule has 1 fully saturated rings. The van der Waals surface area contributed by atoms with Crippen LogP contribution in [0, 0.1) is 5.41 Å². The first-order valence-corrected chi connectivity index (χ1v) is 7.43. The molecule has 0 aliphatic heterocycles. The van der Waals surface area contributed by atoms with Crippen LogP contribution < -0.4 is 0 Å². The Morgan fingerprint density at radius 2 is 2.10 bits per heavy atom. The summed E-state index contributed by atoms with van der Waals surface area (Å²) in [6.45, 7) is 5.59. The number of benzene rings is 1. The molecule has 110 valence electrons. The van der Waals surface area contributed by atoms with Crippen molar-refractivity contribution >= 4 is 5.97 Å². The molecule has 1 aromatic rings. The molecule has 1 unspecified atom stereocenters. The highest BCUT2D eigenvalue weighted by Crippen LogP contribution is 2.39. The van der Waals surface area contributed by atoms with E-state index in [4.69, 9.17) is 0 Å². The highest BCUT2D eigenvalue weighted by molar-refractivity contribution is 5.89. The van der Waals surface area contributed by atoms with Gasteiger partial charge in [-0.3, -0.25) is 0 Å². The minimum absolute atomic E-state index is 0.376. The first-order valence-electron chi connectivity index (χ1n) is 7.43. The average molecular weight is 275 g/mol. The fourth-order valence-electron chi connectivity index (χ4n) is 3.52. The summed E-state index contributed by atoms with van der Waals surface area (Å²) in [6.07, 6.45) is 4.64. The molecule has 1 aliphatic carbocycles. The number of hydrogen-bond acceptors (Lipinski definition) is 2. The molecule has 1 aliphatic rings. The Balaban J connectivity index is 2.00. The minimum Gasteiger partial charge on any atom is -0.478 e. The highest BCUT2D eigenvalue weighted by Gasteiger charge is 2.36. The van der Waals surface area contributed by atoms with Gasteiger partial charge in [0.2, 0.25) is 0 Å². The summed E-state index contributed by atoms with van der Waals surface area (Å²) in [7, 11) is 2.17. The van der Waals surface area contributed by atoms with Crippen LogP contribution in [0.1, 0.15) is 49.0 Å². The Bertz CT molecular complexity index is 482. The molecule has 1 atom stereocenters. The summed E-state index contributed by atoms with van der Waals surface area (Å²) in [5, 5.41) is 9.21. The second kappa shape index (κ2) is 5.96. The number of carboxylic acids is 1. The van der Waals surface area contributed by atoms with Crippen LogP contribution in [0.2, 0.25) is 0 Å². The smallest absolute Gasteiger partial charge is 0.335 e. The predicted molar refractivity (Wildman–Crippen MR) is 81.2 cm³/mol. The number of hydrogen-bond donors (Lipinski definition) is 1. The van der Waals surface area contributed by atoms with Crippen LogP contribution in [0.5, 0.6) is 0 Å². The van der Waals surface area contributed by atoms with E-state index in [-0.39, 0.29) is 0 Å². The molecule has 1 saturated carbocycles. The van der Waals surface area contributed by atoms with Crippen LogP contribution >= 0.6 is 0 Å². The molecular weight excluding hydrogens is 250 g/mol. The third kappa shape index (κ3) is 3.21. The van der Waals surface area contributed by atoms with Crippen LogP contribution in [-0.2, 0) is 6.42 Å². The van der Waals surface area contributed by atoms with Crippen LogP contribution in [0.3, 0.4) is 0 Å². The average Bonchev–Trinajstić information content (AvgIpc) is 2.76. The maximum atomic E-state index is 11.2. The maximum Gasteiger partial charge on any atom is 0.335 e. The third-order valence-corrected chi connectivity index (χ3v) is 4.71. The van der Waals surface area contributed by atoms with Crippen LogP contribution in [-0.4, -0.2) is 35.6 Å². The highest BCUT2D eigenvalue weighted by atomic mass is 16.4. The van der Waals surface area contributed by atoms with Crippen molar-refractivity contribution in [3.8, 4) is 0 Å². The largest absolute Gasteiger partial charge is 0.478 e. The topological polar surface area (TPSA) is 40.5 Å². The van der Waals surface area contributed by atoms with Crippen molar-refractivity contribution in [2.75, 3.05) is 13.6 Å². The van der Waals surface area contributed by atoms with Crippen molar-refractivity contribution in [3.63, 3.8) is 0 Å². The predicted octanol–water partition coefficient (Wildman–Crippen LogP) is 3.44. The first-order chi connectivity index (χ1) is 9.42. The van der Waals surface area contributed by atoms with Gasteiger partial charge < -0.3 is 10.0 Å². The quantitative estimate of drug-likeness (QED) is 0.895. The van der Waals surface area contributed by atoms with Crippen molar-refractivity contribution in [2.24, 2.45) is 5.41 Å². The Morgan fingerprint density at radius 1 is 1.40 bits per heavy atom. The molecule has 1 aromatic carbocycles.